The van der Waals surface area contributed by atoms with Gasteiger partial charge < -0.3 is 11.1 Å². The second-order valence-corrected chi connectivity index (χ2v) is 8.15. The number of imidazole rings is 1. The van der Waals surface area contributed by atoms with E-state index >= 15 is 0 Å². The Balaban J connectivity index is 1.73. The fourth-order valence-corrected chi connectivity index (χ4v) is 4.17. The predicted molar refractivity (Wildman–Crippen MR) is 134 cm³/mol. The average Bonchev–Trinajstić information content (AvgIpc) is 3.29. The predicted octanol–water partition coefficient (Wildman–Crippen LogP) is 4.61. The highest BCUT2D eigenvalue weighted by molar-refractivity contribution is 6.06. The molecular formula is C27H24N6O. The number of aromatic nitrogens is 4. The standard InChI is InChI=1S/C27H24N6O/c1-17-14-22(33-16-32-21-11-7-13-30-26(21)33)24(20-10-6-12-29-25(20)28)23(18(17)2)27(34)31-15-19-8-4-3-5-9-19/h3-14,16H,15H2,1-2H3,(H2,28,29)(H,31,34). The maximum Gasteiger partial charge on any atom is 0.252 e. The highest BCUT2D eigenvalue weighted by Gasteiger charge is 2.24. The Morgan fingerprint density at radius 2 is 1.74 bits per heavy atom. The van der Waals surface area contributed by atoms with Crippen molar-refractivity contribution in [1.29, 1.82) is 0 Å². The molecule has 2 aromatic carbocycles. The van der Waals surface area contributed by atoms with Gasteiger partial charge in [-0.2, -0.15) is 0 Å². The first-order valence-corrected chi connectivity index (χ1v) is 11.0. The Morgan fingerprint density at radius 1 is 0.971 bits per heavy atom. The van der Waals surface area contributed by atoms with Crippen LogP contribution in [0.4, 0.5) is 5.82 Å². The molecule has 0 aliphatic rings. The summed E-state index contributed by atoms with van der Waals surface area (Å²) >= 11 is 0. The van der Waals surface area contributed by atoms with E-state index < -0.39 is 0 Å². The topological polar surface area (TPSA) is 98.7 Å². The molecule has 0 bridgehead atoms. The molecule has 0 unspecified atom stereocenters. The van der Waals surface area contributed by atoms with E-state index in [1.165, 1.54) is 0 Å². The van der Waals surface area contributed by atoms with Gasteiger partial charge in [-0.05, 0) is 60.9 Å². The molecule has 0 atom stereocenters. The molecule has 0 fully saturated rings. The van der Waals surface area contributed by atoms with Crippen molar-refractivity contribution in [3.05, 3.63) is 102 Å². The minimum Gasteiger partial charge on any atom is -0.383 e. The molecule has 1 amide bonds. The van der Waals surface area contributed by atoms with E-state index in [1.807, 2.05) is 79.1 Å². The summed E-state index contributed by atoms with van der Waals surface area (Å²) in [5.41, 5.74) is 13.4. The fourth-order valence-electron chi connectivity index (χ4n) is 4.17. The minimum atomic E-state index is -0.179. The van der Waals surface area contributed by atoms with Crippen LogP contribution in [0.2, 0.25) is 0 Å². The van der Waals surface area contributed by atoms with Crippen LogP contribution in [0.1, 0.15) is 27.0 Å². The summed E-state index contributed by atoms with van der Waals surface area (Å²) in [5.74, 6) is 0.170. The molecule has 3 N–H and O–H groups in total. The Kier molecular flexibility index (Phi) is 5.51. The monoisotopic (exact) mass is 448 g/mol. The van der Waals surface area contributed by atoms with Crippen LogP contribution in [0.3, 0.4) is 0 Å². The molecule has 5 aromatic rings. The van der Waals surface area contributed by atoms with Crippen LogP contribution in [0, 0.1) is 13.8 Å². The first-order valence-electron chi connectivity index (χ1n) is 11.0. The van der Waals surface area contributed by atoms with Crippen LogP contribution in [0.25, 0.3) is 28.0 Å². The van der Waals surface area contributed by atoms with Crippen molar-refractivity contribution < 1.29 is 4.79 Å². The lowest BCUT2D eigenvalue weighted by molar-refractivity contribution is 0.0951. The summed E-state index contributed by atoms with van der Waals surface area (Å²) in [6.07, 6.45) is 5.10. The van der Waals surface area contributed by atoms with Crippen LogP contribution in [-0.4, -0.2) is 25.4 Å². The van der Waals surface area contributed by atoms with Gasteiger partial charge in [-0.1, -0.05) is 30.3 Å². The normalized spacial score (nSPS) is 11.0. The molecule has 168 valence electrons. The lowest BCUT2D eigenvalue weighted by Gasteiger charge is -2.21. The third kappa shape index (κ3) is 3.77. The zero-order chi connectivity index (χ0) is 23.7. The van der Waals surface area contributed by atoms with Crippen molar-refractivity contribution in [3.8, 4) is 16.8 Å². The summed E-state index contributed by atoms with van der Waals surface area (Å²) in [7, 11) is 0. The first kappa shape index (κ1) is 21.3. The molecule has 0 saturated carbocycles. The van der Waals surface area contributed by atoms with Crippen molar-refractivity contribution in [3.63, 3.8) is 0 Å². The average molecular weight is 449 g/mol. The molecule has 7 nitrogen and oxygen atoms in total. The molecule has 0 spiro atoms. The largest absolute Gasteiger partial charge is 0.383 e. The van der Waals surface area contributed by atoms with Crippen molar-refractivity contribution in [2.75, 3.05) is 5.73 Å². The van der Waals surface area contributed by atoms with E-state index in [9.17, 15) is 4.79 Å². The van der Waals surface area contributed by atoms with E-state index in [0.717, 1.165) is 27.9 Å². The number of amides is 1. The molecule has 3 heterocycles. The minimum absolute atomic E-state index is 0.179. The number of hydrogen-bond donors (Lipinski definition) is 2. The lowest BCUT2D eigenvalue weighted by atomic mass is 9.90. The maximum absolute atomic E-state index is 13.7. The third-order valence-corrected chi connectivity index (χ3v) is 6.02. The van der Waals surface area contributed by atoms with Gasteiger partial charge in [0.05, 0.1) is 11.3 Å². The summed E-state index contributed by atoms with van der Waals surface area (Å²) in [6.45, 7) is 4.37. The van der Waals surface area contributed by atoms with Crippen LogP contribution in [0.5, 0.6) is 0 Å². The van der Waals surface area contributed by atoms with Crippen molar-refractivity contribution in [2.24, 2.45) is 0 Å². The number of anilines is 1. The van der Waals surface area contributed by atoms with Crippen molar-refractivity contribution in [1.82, 2.24) is 24.8 Å². The van der Waals surface area contributed by atoms with E-state index in [-0.39, 0.29) is 5.91 Å². The number of fused-ring (bicyclic) bond motifs is 1. The number of rotatable bonds is 5. The Hall–Kier alpha value is -4.52. The van der Waals surface area contributed by atoms with Gasteiger partial charge in [-0.15, -0.1) is 0 Å². The van der Waals surface area contributed by atoms with E-state index in [0.29, 0.717) is 34.7 Å². The zero-order valence-electron chi connectivity index (χ0n) is 19.0. The van der Waals surface area contributed by atoms with Gasteiger partial charge in [0.1, 0.15) is 17.7 Å². The second kappa shape index (κ2) is 8.78. The van der Waals surface area contributed by atoms with Crippen LogP contribution >= 0.6 is 0 Å². The molecule has 5 rings (SSSR count). The summed E-state index contributed by atoms with van der Waals surface area (Å²) in [5, 5.41) is 3.08. The number of aryl methyl sites for hydroxylation is 1. The Labute approximate surface area is 197 Å². The van der Waals surface area contributed by atoms with Gasteiger partial charge in [0.15, 0.2) is 5.65 Å². The molecule has 0 radical (unpaired) electrons. The molecule has 3 aromatic heterocycles. The number of nitrogens with zero attached hydrogens (tertiary/aromatic N) is 4. The first-order chi connectivity index (χ1) is 16.5. The van der Waals surface area contributed by atoms with Gasteiger partial charge >= 0.3 is 0 Å². The van der Waals surface area contributed by atoms with Gasteiger partial charge in [0.25, 0.3) is 5.91 Å². The van der Waals surface area contributed by atoms with Gasteiger partial charge in [0, 0.05) is 30.1 Å². The number of benzene rings is 2. The number of pyridine rings is 2. The van der Waals surface area contributed by atoms with Crippen molar-refractivity contribution in [2.45, 2.75) is 20.4 Å². The number of nitrogens with two attached hydrogens (primary N) is 1. The summed E-state index contributed by atoms with van der Waals surface area (Å²) in [6, 6.07) is 19.3. The lowest BCUT2D eigenvalue weighted by Crippen LogP contribution is -2.25. The van der Waals surface area contributed by atoms with Crippen molar-refractivity contribution >= 4 is 22.9 Å². The van der Waals surface area contributed by atoms with Gasteiger partial charge in [-0.25, -0.2) is 15.0 Å². The van der Waals surface area contributed by atoms with E-state index in [1.54, 1.807) is 18.7 Å². The maximum atomic E-state index is 13.7. The molecule has 0 aliphatic heterocycles. The molecule has 0 aliphatic carbocycles. The SMILES string of the molecule is Cc1cc(-n2cnc3cccnc32)c(-c2cccnc2N)c(C(=O)NCc2ccccc2)c1C. The quantitative estimate of drug-likeness (QED) is 0.409. The number of hydrogen-bond acceptors (Lipinski definition) is 5. The van der Waals surface area contributed by atoms with E-state index in [4.69, 9.17) is 5.73 Å². The van der Waals surface area contributed by atoms with Gasteiger partial charge in [-0.3, -0.25) is 9.36 Å². The smallest absolute Gasteiger partial charge is 0.252 e. The second-order valence-electron chi connectivity index (χ2n) is 8.15. The molecule has 34 heavy (non-hydrogen) atoms. The molecule has 0 saturated heterocycles. The fraction of sp³-hybridized carbons (Fsp3) is 0.111. The highest BCUT2D eigenvalue weighted by Crippen LogP contribution is 2.37. The van der Waals surface area contributed by atoms with E-state index in [2.05, 4.69) is 20.3 Å². The van der Waals surface area contributed by atoms with Crippen LogP contribution < -0.4 is 11.1 Å². The number of nitrogen functional groups attached to an aromatic ring is 1. The number of nitrogens with one attached hydrogen (secondary N) is 1. The van der Waals surface area contributed by atoms with Gasteiger partial charge in [0.2, 0.25) is 0 Å². The Bertz CT molecular complexity index is 1510. The zero-order valence-corrected chi connectivity index (χ0v) is 19.0. The van der Waals surface area contributed by atoms with Crippen LogP contribution in [-0.2, 0) is 6.54 Å². The molecular weight excluding hydrogens is 424 g/mol. The number of carbonyl (C=O) groups is 1. The highest BCUT2D eigenvalue weighted by atomic mass is 16.1. The van der Waals surface area contributed by atoms with Crippen LogP contribution in [0.15, 0.2) is 79.4 Å². The Morgan fingerprint density at radius 3 is 2.53 bits per heavy atom. The summed E-state index contributed by atoms with van der Waals surface area (Å²) in [4.78, 5) is 27.0. The summed E-state index contributed by atoms with van der Waals surface area (Å²) < 4.78 is 1.90. The third-order valence-electron chi connectivity index (χ3n) is 6.02. The number of carbonyl (C=O) groups excluding carboxylic acids is 1. The molecule has 7 heteroatoms.